The lowest BCUT2D eigenvalue weighted by atomic mass is 9.99. The van der Waals surface area contributed by atoms with Crippen molar-refractivity contribution in [2.75, 3.05) is 0 Å². The van der Waals surface area contributed by atoms with E-state index in [2.05, 4.69) is 4.98 Å². The molecule has 2 N–H and O–H groups in total. The van der Waals surface area contributed by atoms with Gasteiger partial charge in [-0.1, -0.05) is 18.2 Å². The van der Waals surface area contributed by atoms with Gasteiger partial charge in [-0.15, -0.1) is 0 Å². The maximum absolute atomic E-state index is 13.7. The van der Waals surface area contributed by atoms with Crippen molar-refractivity contribution < 1.29 is 9.13 Å². The number of hydrogen-bond acceptors (Lipinski definition) is 3. The zero-order valence-corrected chi connectivity index (χ0v) is 11.0. The molecule has 1 heterocycles. The fourth-order valence-corrected chi connectivity index (χ4v) is 1.90. The number of rotatable bonds is 4. The largest absolute Gasteiger partial charge is 0.491 e. The van der Waals surface area contributed by atoms with Crippen LogP contribution in [0, 0.1) is 5.82 Å². The number of ether oxygens (including phenoxy) is 1. The molecule has 4 heteroatoms. The molecule has 19 heavy (non-hydrogen) atoms. The van der Waals surface area contributed by atoms with Crippen molar-refractivity contribution in [3.8, 4) is 5.75 Å². The SMILES string of the molecule is CC(C)Oc1ccccc1C(N)c1ccncc1F. The molecule has 0 radical (unpaired) electrons. The van der Waals surface area contributed by atoms with Gasteiger partial charge in [0.2, 0.25) is 0 Å². The first-order chi connectivity index (χ1) is 9.09. The van der Waals surface area contributed by atoms with E-state index in [1.54, 1.807) is 6.07 Å². The van der Waals surface area contributed by atoms with Crippen molar-refractivity contribution in [1.82, 2.24) is 4.98 Å². The highest BCUT2D eigenvalue weighted by Crippen LogP contribution is 2.29. The molecule has 0 saturated heterocycles. The quantitative estimate of drug-likeness (QED) is 0.919. The number of para-hydroxylation sites is 1. The molecule has 0 aliphatic rings. The smallest absolute Gasteiger partial charge is 0.146 e. The lowest BCUT2D eigenvalue weighted by Gasteiger charge is -2.19. The zero-order valence-electron chi connectivity index (χ0n) is 11.0. The van der Waals surface area contributed by atoms with Crippen molar-refractivity contribution in [3.63, 3.8) is 0 Å². The monoisotopic (exact) mass is 260 g/mol. The molecule has 0 aliphatic heterocycles. The Labute approximate surface area is 112 Å². The van der Waals surface area contributed by atoms with Crippen LogP contribution in [0.4, 0.5) is 4.39 Å². The number of hydrogen-bond donors (Lipinski definition) is 1. The number of nitrogens with two attached hydrogens (primary N) is 1. The molecule has 1 atom stereocenters. The summed E-state index contributed by atoms with van der Waals surface area (Å²) in [6.45, 7) is 3.88. The number of nitrogens with zero attached hydrogens (tertiary/aromatic N) is 1. The number of halogens is 1. The number of benzene rings is 1. The van der Waals surface area contributed by atoms with Gasteiger partial charge in [0.05, 0.1) is 18.3 Å². The molecule has 0 saturated carbocycles. The van der Waals surface area contributed by atoms with Gasteiger partial charge >= 0.3 is 0 Å². The molecule has 0 amide bonds. The lowest BCUT2D eigenvalue weighted by molar-refractivity contribution is 0.239. The van der Waals surface area contributed by atoms with Crippen LogP contribution < -0.4 is 10.5 Å². The van der Waals surface area contributed by atoms with Crippen molar-refractivity contribution in [1.29, 1.82) is 0 Å². The van der Waals surface area contributed by atoms with Gasteiger partial charge in [0.1, 0.15) is 11.6 Å². The Morgan fingerprint density at radius 1 is 1.16 bits per heavy atom. The second kappa shape index (κ2) is 5.80. The van der Waals surface area contributed by atoms with Gasteiger partial charge < -0.3 is 10.5 Å². The van der Waals surface area contributed by atoms with Gasteiger partial charge in [0.25, 0.3) is 0 Å². The molecule has 100 valence electrons. The summed E-state index contributed by atoms with van der Waals surface area (Å²) >= 11 is 0. The Balaban J connectivity index is 2.39. The fourth-order valence-electron chi connectivity index (χ4n) is 1.90. The summed E-state index contributed by atoms with van der Waals surface area (Å²) in [7, 11) is 0. The van der Waals surface area contributed by atoms with Crippen LogP contribution in [0.15, 0.2) is 42.7 Å². The summed E-state index contributed by atoms with van der Waals surface area (Å²) in [6, 6.07) is 8.44. The normalized spacial score (nSPS) is 12.5. The van der Waals surface area contributed by atoms with Crippen molar-refractivity contribution in [2.24, 2.45) is 5.73 Å². The average Bonchev–Trinajstić information content (AvgIpc) is 2.38. The molecule has 0 spiro atoms. The molecule has 2 aromatic rings. The molecule has 1 aromatic heterocycles. The fraction of sp³-hybridized carbons (Fsp3) is 0.267. The minimum Gasteiger partial charge on any atom is -0.491 e. The first-order valence-electron chi connectivity index (χ1n) is 6.20. The molecule has 1 aromatic carbocycles. The van der Waals surface area contributed by atoms with Crippen LogP contribution >= 0.6 is 0 Å². The molecular formula is C15H17FN2O. The summed E-state index contributed by atoms with van der Waals surface area (Å²) in [5.74, 6) is 0.274. The second-order valence-corrected chi connectivity index (χ2v) is 4.58. The van der Waals surface area contributed by atoms with Gasteiger partial charge in [0.15, 0.2) is 0 Å². The van der Waals surface area contributed by atoms with Crippen molar-refractivity contribution in [2.45, 2.75) is 26.0 Å². The van der Waals surface area contributed by atoms with E-state index in [1.165, 1.54) is 12.4 Å². The molecule has 1 unspecified atom stereocenters. The number of pyridine rings is 1. The summed E-state index contributed by atoms with van der Waals surface area (Å²) in [6.07, 6.45) is 2.74. The van der Waals surface area contributed by atoms with Crippen LogP contribution in [0.3, 0.4) is 0 Å². The first kappa shape index (κ1) is 13.5. The van der Waals surface area contributed by atoms with E-state index >= 15 is 0 Å². The Kier molecular flexibility index (Phi) is 4.12. The lowest BCUT2D eigenvalue weighted by Crippen LogP contribution is -2.16. The Bertz CT molecular complexity index is 557. The second-order valence-electron chi connectivity index (χ2n) is 4.58. The highest BCUT2D eigenvalue weighted by Gasteiger charge is 2.17. The topological polar surface area (TPSA) is 48.1 Å². The number of aromatic nitrogens is 1. The molecule has 0 bridgehead atoms. The summed E-state index contributed by atoms with van der Waals surface area (Å²) in [5, 5.41) is 0. The minimum absolute atomic E-state index is 0.0376. The van der Waals surface area contributed by atoms with Crippen LogP contribution in [0.1, 0.15) is 31.0 Å². The van der Waals surface area contributed by atoms with E-state index in [4.69, 9.17) is 10.5 Å². The maximum atomic E-state index is 13.7. The zero-order chi connectivity index (χ0) is 13.8. The highest BCUT2D eigenvalue weighted by molar-refractivity contribution is 5.41. The molecule has 0 fully saturated rings. The van der Waals surface area contributed by atoms with E-state index in [0.717, 1.165) is 5.56 Å². The Hall–Kier alpha value is -1.94. The Morgan fingerprint density at radius 2 is 1.89 bits per heavy atom. The van der Waals surface area contributed by atoms with Crippen LogP contribution in [-0.2, 0) is 0 Å². The van der Waals surface area contributed by atoms with E-state index in [1.807, 2.05) is 38.1 Å². The highest BCUT2D eigenvalue weighted by atomic mass is 19.1. The van der Waals surface area contributed by atoms with Gasteiger partial charge in [-0.3, -0.25) is 4.98 Å². The van der Waals surface area contributed by atoms with E-state index in [0.29, 0.717) is 11.3 Å². The molecule has 0 aliphatic carbocycles. The van der Waals surface area contributed by atoms with Crippen LogP contribution in [0.2, 0.25) is 0 Å². The third kappa shape index (κ3) is 3.09. The molecule has 2 rings (SSSR count). The van der Waals surface area contributed by atoms with Crippen LogP contribution in [0.25, 0.3) is 0 Å². The van der Waals surface area contributed by atoms with Crippen LogP contribution in [0.5, 0.6) is 5.75 Å². The standard InChI is InChI=1S/C15H17FN2O/c1-10(2)19-14-6-4-3-5-12(14)15(17)11-7-8-18-9-13(11)16/h3-10,15H,17H2,1-2H3. The predicted molar refractivity (Wildman–Crippen MR) is 72.4 cm³/mol. The third-order valence-corrected chi connectivity index (χ3v) is 2.76. The van der Waals surface area contributed by atoms with E-state index in [9.17, 15) is 4.39 Å². The predicted octanol–water partition coefficient (Wildman–Crippen LogP) is 3.06. The van der Waals surface area contributed by atoms with Crippen molar-refractivity contribution >= 4 is 0 Å². The summed E-state index contributed by atoms with van der Waals surface area (Å²) in [4.78, 5) is 3.73. The van der Waals surface area contributed by atoms with Gasteiger partial charge in [-0.25, -0.2) is 4.39 Å². The summed E-state index contributed by atoms with van der Waals surface area (Å²) in [5.41, 5.74) is 7.32. The van der Waals surface area contributed by atoms with E-state index < -0.39 is 11.9 Å². The molecule has 3 nitrogen and oxygen atoms in total. The first-order valence-corrected chi connectivity index (χ1v) is 6.20. The van der Waals surface area contributed by atoms with Gasteiger partial charge in [-0.05, 0) is 26.0 Å². The van der Waals surface area contributed by atoms with Gasteiger partial charge in [-0.2, -0.15) is 0 Å². The third-order valence-electron chi connectivity index (χ3n) is 2.76. The van der Waals surface area contributed by atoms with Crippen molar-refractivity contribution in [3.05, 3.63) is 59.7 Å². The minimum atomic E-state index is -0.571. The van der Waals surface area contributed by atoms with Gasteiger partial charge in [0, 0.05) is 17.3 Å². The average molecular weight is 260 g/mol. The molecular weight excluding hydrogens is 243 g/mol. The van der Waals surface area contributed by atoms with Crippen LogP contribution in [-0.4, -0.2) is 11.1 Å². The summed E-state index contributed by atoms with van der Waals surface area (Å²) < 4.78 is 19.4. The van der Waals surface area contributed by atoms with E-state index in [-0.39, 0.29) is 6.10 Å². The Morgan fingerprint density at radius 3 is 2.58 bits per heavy atom. The maximum Gasteiger partial charge on any atom is 0.146 e.